The van der Waals surface area contributed by atoms with Crippen LogP contribution >= 0.6 is 0 Å². The number of fused-ring (bicyclic) bond motifs is 1. The van der Waals surface area contributed by atoms with Crippen LogP contribution in [0.1, 0.15) is 31.2 Å². The average Bonchev–Trinajstić information content (AvgIpc) is 2.90. The van der Waals surface area contributed by atoms with E-state index in [1.54, 1.807) is 17.9 Å². The van der Waals surface area contributed by atoms with Gasteiger partial charge >= 0.3 is 0 Å². The van der Waals surface area contributed by atoms with E-state index in [1.807, 2.05) is 0 Å². The third-order valence-electron chi connectivity index (χ3n) is 4.91. The van der Waals surface area contributed by atoms with Gasteiger partial charge in [-0.05, 0) is 31.4 Å². The zero-order chi connectivity index (χ0) is 19.6. The number of aryl methyl sites for hydroxylation is 1. The minimum absolute atomic E-state index is 0.0727. The van der Waals surface area contributed by atoms with Crippen molar-refractivity contribution < 1.29 is 22.7 Å². The van der Waals surface area contributed by atoms with E-state index in [0.717, 1.165) is 30.0 Å². The highest BCUT2D eigenvalue weighted by molar-refractivity contribution is 7.89. The monoisotopic (exact) mass is 395 g/mol. The van der Waals surface area contributed by atoms with E-state index in [0.29, 0.717) is 30.1 Å². The van der Waals surface area contributed by atoms with E-state index in [-0.39, 0.29) is 29.9 Å². The zero-order valence-electron chi connectivity index (χ0n) is 15.7. The van der Waals surface area contributed by atoms with Crippen LogP contribution in [-0.4, -0.2) is 62.7 Å². The average molecular weight is 395 g/mol. The molecule has 27 heavy (non-hydrogen) atoms. The number of likely N-dealkylation sites (N-methyl/N-ethyl adjacent to an activating group) is 1. The first-order valence-electron chi connectivity index (χ1n) is 9.10. The summed E-state index contributed by atoms with van der Waals surface area (Å²) in [5, 5.41) is 2.66. The van der Waals surface area contributed by atoms with Gasteiger partial charge in [-0.2, -0.15) is 4.31 Å². The summed E-state index contributed by atoms with van der Waals surface area (Å²) in [5.74, 6) is -0.147. The molecule has 2 amide bonds. The minimum atomic E-state index is -3.87. The highest BCUT2D eigenvalue weighted by atomic mass is 32.2. The van der Waals surface area contributed by atoms with E-state index in [1.165, 1.54) is 13.1 Å². The third kappa shape index (κ3) is 4.24. The lowest BCUT2D eigenvalue weighted by Gasteiger charge is -2.25. The van der Waals surface area contributed by atoms with Crippen LogP contribution in [0.5, 0.6) is 5.75 Å². The van der Waals surface area contributed by atoms with Crippen molar-refractivity contribution in [1.82, 2.24) is 9.21 Å². The lowest BCUT2D eigenvalue weighted by atomic mass is 10.2. The Labute approximate surface area is 159 Å². The first-order valence-corrected chi connectivity index (χ1v) is 10.5. The van der Waals surface area contributed by atoms with Crippen molar-refractivity contribution in [3.63, 3.8) is 0 Å². The highest BCUT2D eigenvalue weighted by Gasteiger charge is 2.29. The van der Waals surface area contributed by atoms with Gasteiger partial charge in [-0.3, -0.25) is 9.59 Å². The molecule has 148 valence electrons. The van der Waals surface area contributed by atoms with Gasteiger partial charge in [0.25, 0.3) is 5.91 Å². The van der Waals surface area contributed by atoms with E-state index in [2.05, 4.69) is 5.32 Å². The fourth-order valence-corrected chi connectivity index (χ4v) is 4.70. The van der Waals surface area contributed by atoms with E-state index >= 15 is 0 Å². The Hall–Kier alpha value is -2.13. The maximum atomic E-state index is 13.0. The van der Waals surface area contributed by atoms with Gasteiger partial charge in [0.2, 0.25) is 15.9 Å². The van der Waals surface area contributed by atoms with Crippen molar-refractivity contribution in [2.75, 3.05) is 38.6 Å². The molecule has 0 aliphatic carbocycles. The molecular weight excluding hydrogens is 370 g/mol. The topological polar surface area (TPSA) is 96.0 Å². The number of amides is 2. The van der Waals surface area contributed by atoms with Gasteiger partial charge < -0.3 is 15.0 Å². The number of nitrogens with zero attached hydrogens (tertiary/aromatic N) is 2. The van der Waals surface area contributed by atoms with Crippen LogP contribution in [0.25, 0.3) is 0 Å². The highest BCUT2D eigenvalue weighted by Crippen LogP contribution is 2.33. The van der Waals surface area contributed by atoms with Gasteiger partial charge in [0.1, 0.15) is 5.75 Å². The standard InChI is InChI=1S/C18H25N3O5S/c1-13-9-14-15(26-12-17(22)19-14)10-16(13)27(24,25)20(2)11-18(23)21-7-5-3-4-6-8-21/h9-10H,3-8,11-12H2,1-2H3,(H,19,22). The fraction of sp³-hybridized carbons (Fsp3) is 0.556. The molecule has 0 spiro atoms. The second kappa shape index (κ2) is 7.85. The summed E-state index contributed by atoms with van der Waals surface area (Å²) in [6, 6.07) is 2.98. The van der Waals surface area contributed by atoms with Gasteiger partial charge in [0, 0.05) is 26.2 Å². The van der Waals surface area contributed by atoms with Gasteiger partial charge in [0.05, 0.1) is 17.1 Å². The number of ether oxygens (including phenoxy) is 1. The summed E-state index contributed by atoms with van der Waals surface area (Å²) < 4.78 is 32.4. The van der Waals surface area contributed by atoms with Gasteiger partial charge in [0.15, 0.2) is 6.61 Å². The van der Waals surface area contributed by atoms with Crippen LogP contribution in [-0.2, 0) is 19.6 Å². The Morgan fingerprint density at radius 3 is 2.56 bits per heavy atom. The number of benzene rings is 1. The molecule has 0 aromatic heterocycles. The summed E-state index contributed by atoms with van der Waals surface area (Å²) in [4.78, 5) is 25.8. The van der Waals surface area contributed by atoms with Crippen LogP contribution in [0.3, 0.4) is 0 Å². The number of carbonyl (C=O) groups excluding carboxylic acids is 2. The van der Waals surface area contributed by atoms with Crippen LogP contribution in [0.15, 0.2) is 17.0 Å². The predicted octanol–water partition coefficient (Wildman–Crippen LogP) is 1.35. The van der Waals surface area contributed by atoms with Gasteiger partial charge in [-0.25, -0.2) is 8.42 Å². The predicted molar refractivity (Wildman–Crippen MR) is 100 cm³/mol. The Morgan fingerprint density at radius 2 is 1.89 bits per heavy atom. The molecule has 2 aliphatic heterocycles. The number of hydrogen-bond donors (Lipinski definition) is 1. The van der Waals surface area contributed by atoms with E-state index < -0.39 is 10.0 Å². The molecule has 2 aliphatic rings. The molecule has 0 bridgehead atoms. The fourth-order valence-electron chi connectivity index (χ4n) is 3.36. The smallest absolute Gasteiger partial charge is 0.262 e. The summed E-state index contributed by atoms with van der Waals surface area (Å²) in [7, 11) is -2.46. The van der Waals surface area contributed by atoms with Crippen LogP contribution in [0.2, 0.25) is 0 Å². The van der Waals surface area contributed by atoms with Crippen molar-refractivity contribution >= 4 is 27.5 Å². The molecule has 0 radical (unpaired) electrons. The summed E-state index contributed by atoms with van der Waals surface area (Å²) in [6.45, 7) is 2.66. The van der Waals surface area contributed by atoms with Crippen molar-refractivity contribution in [3.05, 3.63) is 17.7 Å². The molecule has 1 aromatic rings. The molecule has 1 fully saturated rings. The third-order valence-corrected chi connectivity index (χ3v) is 6.86. The number of likely N-dealkylation sites (tertiary alicyclic amines) is 1. The van der Waals surface area contributed by atoms with Crippen molar-refractivity contribution in [3.8, 4) is 5.75 Å². The Morgan fingerprint density at radius 1 is 1.22 bits per heavy atom. The molecule has 0 atom stereocenters. The Kier molecular flexibility index (Phi) is 5.71. The lowest BCUT2D eigenvalue weighted by Crippen LogP contribution is -2.41. The Bertz CT molecular complexity index is 845. The molecule has 0 unspecified atom stereocenters. The number of sulfonamides is 1. The normalized spacial score (nSPS) is 17.7. The maximum Gasteiger partial charge on any atom is 0.262 e. The maximum absolute atomic E-state index is 13.0. The molecule has 3 rings (SSSR count). The molecule has 0 saturated carbocycles. The number of nitrogens with one attached hydrogen (secondary N) is 1. The molecule has 1 saturated heterocycles. The van der Waals surface area contributed by atoms with E-state index in [4.69, 9.17) is 4.74 Å². The number of hydrogen-bond acceptors (Lipinski definition) is 5. The molecule has 1 N–H and O–H groups in total. The van der Waals surface area contributed by atoms with Crippen LogP contribution in [0, 0.1) is 6.92 Å². The zero-order valence-corrected chi connectivity index (χ0v) is 16.5. The number of carbonyl (C=O) groups is 2. The molecular formula is C18H25N3O5S. The summed E-state index contributed by atoms with van der Waals surface area (Å²) in [6.07, 6.45) is 4.11. The van der Waals surface area contributed by atoms with Crippen molar-refractivity contribution in [1.29, 1.82) is 0 Å². The SMILES string of the molecule is Cc1cc2c(cc1S(=O)(=O)N(C)CC(=O)N1CCCCCC1)OCC(=O)N2. The molecule has 8 nitrogen and oxygen atoms in total. The van der Waals surface area contributed by atoms with Gasteiger partial charge in [-0.1, -0.05) is 12.8 Å². The minimum Gasteiger partial charge on any atom is -0.482 e. The lowest BCUT2D eigenvalue weighted by molar-refractivity contribution is -0.131. The molecule has 1 aromatic carbocycles. The molecule has 9 heteroatoms. The number of anilines is 1. The van der Waals surface area contributed by atoms with Crippen LogP contribution in [0.4, 0.5) is 5.69 Å². The second-order valence-electron chi connectivity index (χ2n) is 7.01. The van der Waals surface area contributed by atoms with Crippen molar-refractivity contribution in [2.24, 2.45) is 0 Å². The summed E-state index contributed by atoms with van der Waals surface area (Å²) >= 11 is 0. The van der Waals surface area contributed by atoms with Gasteiger partial charge in [-0.15, -0.1) is 0 Å². The molecule has 2 heterocycles. The first kappa shape index (κ1) is 19.6. The number of rotatable bonds is 4. The largest absolute Gasteiger partial charge is 0.482 e. The van der Waals surface area contributed by atoms with Crippen molar-refractivity contribution in [2.45, 2.75) is 37.5 Å². The quantitative estimate of drug-likeness (QED) is 0.830. The second-order valence-corrected chi connectivity index (χ2v) is 9.02. The Balaban J connectivity index is 1.79. The first-order chi connectivity index (χ1) is 12.8. The van der Waals surface area contributed by atoms with E-state index in [9.17, 15) is 18.0 Å². The van der Waals surface area contributed by atoms with Crippen LogP contribution < -0.4 is 10.1 Å². The summed E-state index contributed by atoms with van der Waals surface area (Å²) in [5.41, 5.74) is 0.930.